The van der Waals surface area contributed by atoms with E-state index in [4.69, 9.17) is 0 Å². The van der Waals surface area contributed by atoms with Gasteiger partial charge in [-0.1, -0.05) is 6.92 Å². The summed E-state index contributed by atoms with van der Waals surface area (Å²) in [5.74, 6) is 1.12. The standard InChI is InChI=1S/C24H28N8O2S/c1-4-17-13-26-24(27-14-17)31-11-8-18(9-12-31)21-15-25-23-20(7-10-28-32(21)23)30-19-5-6-22(29-16(19)2)35(3,33)34/h5-7,10,13-15,18,30H,4,8-9,11-12H2,1-3H3. The third-order valence-corrected chi connectivity index (χ3v) is 7.42. The van der Waals surface area contributed by atoms with E-state index in [1.165, 1.54) is 6.07 Å². The molecule has 1 aliphatic heterocycles. The largest absolute Gasteiger partial charge is 0.351 e. The van der Waals surface area contributed by atoms with Crippen molar-refractivity contribution in [1.82, 2.24) is 29.5 Å². The minimum absolute atomic E-state index is 0.0570. The van der Waals surface area contributed by atoms with E-state index < -0.39 is 9.84 Å². The SMILES string of the molecule is CCc1cnc(N2CCC(c3cnc4c(Nc5ccc(S(C)(=O)=O)nc5C)ccnn34)CC2)nc1. The number of fused-ring (bicyclic) bond motifs is 1. The van der Waals surface area contributed by atoms with E-state index in [0.29, 0.717) is 11.6 Å². The number of anilines is 3. The highest BCUT2D eigenvalue weighted by atomic mass is 32.2. The van der Waals surface area contributed by atoms with Crippen molar-refractivity contribution in [2.45, 2.75) is 44.1 Å². The van der Waals surface area contributed by atoms with Crippen molar-refractivity contribution in [2.24, 2.45) is 0 Å². The first-order chi connectivity index (χ1) is 16.8. The number of aryl methyl sites for hydroxylation is 2. The first-order valence-corrected chi connectivity index (χ1v) is 13.6. The molecule has 1 saturated heterocycles. The summed E-state index contributed by atoms with van der Waals surface area (Å²) in [5.41, 5.74) is 5.03. The van der Waals surface area contributed by atoms with Crippen molar-refractivity contribution in [3.8, 4) is 0 Å². The summed E-state index contributed by atoms with van der Waals surface area (Å²) in [4.78, 5) is 20.2. The minimum atomic E-state index is -3.36. The predicted octanol–water partition coefficient (Wildman–Crippen LogP) is 3.32. The van der Waals surface area contributed by atoms with Gasteiger partial charge in [0.2, 0.25) is 5.95 Å². The van der Waals surface area contributed by atoms with Crippen LogP contribution in [0.3, 0.4) is 0 Å². The molecule has 1 N–H and O–H groups in total. The molecule has 4 aromatic rings. The van der Waals surface area contributed by atoms with E-state index >= 15 is 0 Å². The van der Waals surface area contributed by atoms with Gasteiger partial charge in [-0.25, -0.2) is 32.9 Å². The monoisotopic (exact) mass is 492 g/mol. The van der Waals surface area contributed by atoms with Crippen molar-refractivity contribution in [3.05, 3.63) is 59.9 Å². The molecule has 0 saturated carbocycles. The molecule has 0 spiro atoms. The van der Waals surface area contributed by atoms with Gasteiger partial charge in [0, 0.05) is 37.7 Å². The fourth-order valence-corrected chi connectivity index (χ4v) is 5.00. The fraction of sp³-hybridized carbons (Fsp3) is 0.375. The Kier molecular flexibility index (Phi) is 6.10. The molecule has 182 valence electrons. The molecular weight excluding hydrogens is 464 g/mol. The summed E-state index contributed by atoms with van der Waals surface area (Å²) >= 11 is 0. The van der Waals surface area contributed by atoms with Gasteiger partial charge in [-0.3, -0.25) is 0 Å². The van der Waals surface area contributed by atoms with Crippen LogP contribution in [-0.2, 0) is 16.3 Å². The maximum Gasteiger partial charge on any atom is 0.225 e. The van der Waals surface area contributed by atoms with Crippen LogP contribution in [0.15, 0.2) is 48.0 Å². The number of sulfone groups is 1. The Labute approximate surface area is 204 Å². The van der Waals surface area contributed by atoms with Gasteiger partial charge in [0.15, 0.2) is 20.5 Å². The summed E-state index contributed by atoms with van der Waals surface area (Å²) in [6, 6.07) is 5.09. The number of imidazole rings is 1. The van der Waals surface area contributed by atoms with Crippen LogP contribution in [0.1, 0.15) is 42.6 Å². The van der Waals surface area contributed by atoms with E-state index in [-0.39, 0.29) is 5.03 Å². The number of nitrogens with zero attached hydrogens (tertiary/aromatic N) is 7. The lowest BCUT2D eigenvalue weighted by Crippen LogP contribution is -2.34. The normalized spacial score (nSPS) is 15.0. The average Bonchev–Trinajstić information content (AvgIpc) is 3.30. The number of piperidine rings is 1. The average molecular weight is 493 g/mol. The number of pyridine rings is 1. The summed E-state index contributed by atoms with van der Waals surface area (Å²) in [6.07, 6.45) is 11.5. The van der Waals surface area contributed by atoms with Gasteiger partial charge in [-0.2, -0.15) is 5.10 Å². The lowest BCUT2D eigenvalue weighted by Gasteiger charge is -2.31. The van der Waals surface area contributed by atoms with Gasteiger partial charge in [0.05, 0.1) is 35.2 Å². The lowest BCUT2D eigenvalue weighted by molar-refractivity contribution is 0.484. The van der Waals surface area contributed by atoms with Crippen molar-refractivity contribution < 1.29 is 8.42 Å². The molecule has 4 aromatic heterocycles. The van der Waals surface area contributed by atoms with Crippen molar-refractivity contribution in [1.29, 1.82) is 0 Å². The van der Waals surface area contributed by atoms with E-state index in [9.17, 15) is 8.42 Å². The third kappa shape index (κ3) is 4.68. The molecule has 5 heterocycles. The van der Waals surface area contributed by atoms with E-state index in [1.807, 2.05) is 29.2 Å². The molecule has 5 rings (SSSR count). The molecule has 10 nitrogen and oxygen atoms in total. The molecule has 0 unspecified atom stereocenters. The molecule has 0 aliphatic carbocycles. The maximum absolute atomic E-state index is 11.8. The molecule has 1 fully saturated rings. The number of aromatic nitrogens is 6. The van der Waals surface area contributed by atoms with Crippen LogP contribution >= 0.6 is 0 Å². The smallest absolute Gasteiger partial charge is 0.225 e. The van der Waals surface area contributed by atoms with Crippen LogP contribution in [0.4, 0.5) is 17.3 Å². The molecule has 35 heavy (non-hydrogen) atoms. The molecule has 0 radical (unpaired) electrons. The number of hydrogen-bond acceptors (Lipinski definition) is 9. The number of nitrogens with one attached hydrogen (secondary N) is 1. The highest BCUT2D eigenvalue weighted by molar-refractivity contribution is 7.90. The zero-order valence-corrected chi connectivity index (χ0v) is 20.8. The Morgan fingerprint density at radius 1 is 1.03 bits per heavy atom. The Hall–Kier alpha value is -3.60. The first kappa shape index (κ1) is 23.2. The second kappa shape index (κ2) is 9.21. The van der Waals surface area contributed by atoms with Crippen LogP contribution in [0.25, 0.3) is 5.65 Å². The molecule has 0 atom stereocenters. The van der Waals surface area contributed by atoms with E-state index in [0.717, 1.165) is 72.8 Å². The minimum Gasteiger partial charge on any atom is -0.351 e. The van der Waals surface area contributed by atoms with Crippen molar-refractivity contribution in [2.75, 3.05) is 29.6 Å². The molecule has 0 amide bonds. The molecular formula is C24H28N8O2S. The number of rotatable bonds is 6. The van der Waals surface area contributed by atoms with Crippen LogP contribution in [0.5, 0.6) is 0 Å². The second-order valence-corrected chi connectivity index (χ2v) is 10.8. The van der Waals surface area contributed by atoms with Crippen LogP contribution in [0, 0.1) is 6.92 Å². The van der Waals surface area contributed by atoms with Gasteiger partial charge in [-0.15, -0.1) is 0 Å². The van der Waals surface area contributed by atoms with Gasteiger partial charge in [-0.05, 0) is 49.9 Å². The molecule has 0 aromatic carbocycles. The molecule has 0 bridgehead atoms. The second-order valence-electron chi connectivity index (χ2n) is 8.85. The van der Waals surface area contributed by atoms with Gasteiger partial charge >= 0.3 is 0 Å². The molecule has 11 heteroatoms. The Morgan fingerprint density at radius 2 is 1.77 bits per heavy atom. The Balaban J connectivity index is 1.34. The van der Waals surface area contributed by atoms with Crippen LogP contribution in [0.2, 0.25) is 0 Å². The predicted molar refractivity (Wildman–Crippen MR) is 134 cm³/mol. The summed E-state index contributed by atoms with van der Waals surface area (Å²) in [6.45, 7) is 5.62. The Bertz CT molecular complexity index is 1460. The summed E-state index contributed by atoms with van der Waals surface area (Å²) < 4.78 is 25.5. The zero-order chi connectivity index (χ0) is 24.6. The summed E-state index contributed by atoms with van der Waals surface area (Å²) in [5, 5.41) is 7.96. The third-order valence-electron chi connectivity index (χ3n) is 6.43. The quantitative estimate of drug-likeness (QED) is 0.432. The fourth-order valence-electron chi connectivity index (χ4n) is 4.38. The number of hydrogen-bond donors (Lipinski definition) is 1. The maximum atomic E-state index is 11.8. The first-order valence-electron chi connectivity index (χ1n) is 11.7. The van der Waals surface area contributed by atoms with Gasteiger partial charge in [0.1, 0.15) is 0 Å². The topological polar surface area (TPSA) is 118 Å². The highest BCUT2D eigenvalue weighted by Crippen LogP contribution is 2.31. The highest BCUT2D eigenvalue weighted by Gasteiger charge is 2.25. The van der Waals surface area contributed by atoms with E-state index in [1.54, 1.807) is 19.2 Å². The molecule has 1 aliphatic rings. The van der Waals surface area contributed by atoms with E-state index in [2.05, 4.69) is 42.2 Å². The lowest BCUT2D eigenvalue weighted by atomic mass is 9.94. The van der Waals surface area contributed by atoms with Crippen LogP contribution < -0.4 is 10.2 Å². The van der Waals surface area contributed by atoms with Crippen molar-refractivity contribution in [3.63, 3.8) is 0 Å². The van der Waals surface area contributed by atoms with Crippen LogP contribution in [-0.4, -0.2) is 57.3 Å². The van der Waals surface area contributed by atoms with Gasteiger partial charge < -0.3 is 10.2 Å². The summed E-state index contributed by atoms with van der Waals surface area (Å²) in [7, 11) is -3.36. The van der Waals surface area contributed by atoms with Gasteiger partial charge in [0.25, 0.3) is 0 Å². The zero-order valence-electron chi connectivity index (χ0n) is 20.0. The Morgan fingerprint density at radius 3 is 2.43 bits per heavy atom. The van der Waals surface area contributed by atoms with Crippen molar-refractivity contribution >= 4 is 32.8 Å².